The molecule has 4 N–H and O–H groups in total. The summed E-state index contributed by atoms with van der Waals surface area (Å²) in [6.45, 7) is 3.90. The van der Waals surface area contributed by atoms with Crippen LogP contribution in [0.4, 0.5) is 11.4 Å². The summed E-state index contributed by atoms with van der Waals surface area (Å²) < 4.78 is 0. The van der Waals surface area contributed by atoms with Crippen LogP contribution in [0.2, 0.25) is 0 Å². The minimum Gasteiger partial charge on any atom is -0.478 e. The smallest absolute Gasteiger partial charge is 0.337 e. The Kier molecular flexibility index (Phi) is 5.83. The molecule has 0 atom stereocenters. The first kappa shape index (κ1) is 20.6. The number of para-hydroxylation sites is 1. The monoisotopic (exact) mass is 404 g/mol. The van der Waals surface area contributed by atoms with Gasteiger partial charge < -0.3 is 20.7 Å². The summed E-state index contributed by atoms with van der Waals surface area (Å²) >= 11 is 0. The summed E-state index contributed by atoms with van der Waals surface area (Å²) in [5.41, 5.74) is 1.43. The summed E-state index contributed by atoms with van der Waals surface area (Å²) in [5, 5.41) is 24.4. The number of aromatic amines is 1. The fourth-order valence-electron chi connectivity index (χ4n) is 3.04. The lowest BCUT2D eigenvalue weighted by atomic mass is 10.1. The molecule has 8 heteroatoms. The maximum absolute atomic E-state index is 12.7. The lowest BCUT2D eigenvalue weighted by molar-refractivity contribution is -0.116. The largest absolute Gasteiger partial charge is 0.478 e. The number of amides is 2. The normalized spacial score (nSPS) is 10.6. The number of aromatic nitrogens is 1. The van der Waals surface area contributed by atoms with E-state index in [4.69, 9.17) is 5.26 Å². The van der Waals surface area contributed by atoms with Crippen LogP contribution in [0.25, 0.3) is 10.9 Å². The molecule has 2 amide bonds. The SMILES string of the molecule is CC(C)CC(=O)Nc1cccc2cc(C(=O)Nc3ccc(C#N)cc3C(=O)O)[nH]c12. The van der Waals surface area contributed by atoms with Crippen molar-refractivity contribution in [3.05, 3.63) is 59.3 Å². The molecule has 8 nitrogen and oxygen atoms in total. The van der Waals surface area contributed by atoms with Crippen molar-refractivity contribution in [2.24, 2.45) is 5.92 Å². The lowest BCUT2D eigenvalue weighted by Crippen LogP contribution is -2.15. The molecule has 0 spiro atoms. The van der Waals surface area contributed by atoms with Crippen LogP contribution in [-0.2, 0) is 4.79 Å². The summed E-state index contributed by atoms with van der Waals surface area (Å²) in [6, 6.07) is 12.8. The quantitative estimate of drug-likeness (QED) is 0.493. The number of carboxylic acids is 1. The van der Waals surface area contributed by atoms with Gasteiger partial charge in [0.2, 0.25) is 5.91 Å². The number of fused-ring (bicyclic) bond motifs is 1. The minimum absolute atomic E-state index is 0.0793. The lowest BCUT2D eigenvalue weighted by Gasteiger charge is -2.08. The van der Waals surface area contributed by atoms with Crippen molar-refractivity contribution in [1.82, 2.24) is 4.98 Å². The molecule has 0 bridgehead atoms. The first-order valence-electron chi connectivity index (χ1n) is 9.29. The van der Waals surface area contributed by atoms with Gasteiger partial charge in [0.05, 0.1) is 34.1 Å². The van der Waals surface area contributed by atoms with Crippen molar-refractivity contribution >= 4 is 40.1 Å². The summed E-state index contributed by atoms with van der Waals surface area (Å²) in [7, 11) is 0. The Morgan fingerprint density at radius 1 is 1.10 bits per heavy atom. The van der Waals surface area contributed by atoms with Gasteiger partial charge in [0.25, 0.3) is 5.91 Å². The third-order valence-corrected chi connectivity index (χ3v) is 4.40. The van der Waals surface area contributed by atoms with E-state index in [1.54, 1.807) is 24.3 Å². The fourth-order valence-corrected chi connectivity index (χ4v) is 3.04. The van der Waals surface area contributed by atoms with Gasteiger partial charge in [0, 0.05) is 11.8 Å². The van der Waals surface area contributed by atoms with Gasteiger partial charge in [-0.15, -0.1) is 0 Å². The predicted molar refractivity (Wildman–Crippen MR) is 112 cm³/mol. The van der Waals surface area contributed by atoms with Crippen LogP contribution in [0.1, 0.15) is 46.7 Å². The number of carboxylic acid groups (broad SMARTS) is 1. The summed E-state index contributed by atoms with van der Waals surface area (Å²) in [6.07, 6.45) is 0.376. The van der Waals surface area contributed by atoms with Gasteiger partial charge in [-0.25, -0.2) is 4.79 Å². The number of H-pyrrole nitrogens is 1. The zero-order valence-corrected chi connectivity index (χ0v) is 16.4. The summed E-state index contributed by atoms with van der Waals surface area (Å²) in [5.74, 6) is -1.71. The molecule has 0 unspecified atom stereocenters. The van der Waals surface area contributed by atoms with E-state index in [1.165, 1.54) is 18.2 Å². The number of benzene rings is 2. The number of nitriles is 1. The van der Waals surface area contributed by atoms with E-state index >= 15 is 0 Å². The van der Waals surface area contributed by atoms with Crippen molar-refractivity contribution in [1.29, 1.82) is 5.26 Å². The average molecular weight is 404 g/mol. The second-order valence-corrected chi connectivity index (χ2v) is 7.23. The Morgan fingerprint density at radius 2 is 1.87 bits per heavy atom. The molecular formula is C22H20N4O4. The molecular weight excluding hydrogens is 384 g/mol. The first-order chi connectivity index (χ1) is 14.3. The molecule has 0 aliphatic heterocycles. The van der Waals surface area contributed by atoms with Gasteiger partial charge in [-0.2, -0.15) is 5.26 Å². The zero-order valence-electron chi connectivity index (χ0n) is 16.4. The number of nitrogens with one attached hydrogen (secondary N) is 3. The third kappa shape index (κ3) is 4.47. The number of anilines is 2. The third-order valence-electron chi connectivity index (χ3n) is 4.40. The van der Waals surface area contributed by atoms with Gasteiger partial charge in [-0.3, -0.25) is 9.59 Å². The Bertz CT molecular complexity index is 1190. The van der Waals surface area contributed by atoms with Crippen LogP contribution >= 0.6 is 0 Å². The van der Waals surface area contributed by atoms with Crippen molar-refractivity contribution in [3.63, 3.8) is 0 Å². The standard InChI is InChI=1S/C22H20N4O4/c1-12(2)8-19(27)24-17-5-3-4-14-10-18(25-20(14)17)21(28)26-16-7-6-13(11-23)9-15(16)22(29)30/h3-7,9-10,12,25H,8H2,1-2H3,(H,24,27)(H,26,28)(H,29,30). The average Bonchev–Trinajstić information content (AvgIpc) is 3.13. The maximum Gasteiger partial charge on any atom is 0.337 e. The minimum atomic E-state index is -1.26. The molecule has 30 heavy (non-hydrogen) atoms. The van der Waals surface area contributed by atoms with E-state index in [9.17, 15) is 19.5 Å². The number of rotatable bonds is 6. The fraction of sp³-hybridized carbons (Fsp3) is 0.182. The first-order valence-corrected chi connectivity index (χ1v) is 9.29. The molecule has 1 aromatic heterocycles. The van der Waals surface area contributed by atoms with Crippen molar-refractivity contribution in [2.75, 3.05) is 10.6 Å². The highest BCUT2D eigenvalue weighted by molar-refractivity contribution is 6.10. The molecule has 0 radical (unpaired) electrons. The van der Waals surface area contributed by atoms with Crippen molar-refractivity contribution in [2.45, 2.75) is 20.3 Å². The Hall–Kier alpha value is -4.12. The maximum atomic E-state index is 12.7. The van der Waals surface area contributed by atoms with E-state index in [0.717, 1.165) is 5.39 Å². The van der Waals surface area contributed by atoms with Gasteiger partial charge in [-0.1, -0.05) is 26.0 Å². The predicted octanol–water partition coefficient (Wildman–Crippen LogP) is 3.97. The Morgan fingerprint density at radius 3 is 2.53 bits per heavy atom. The van der Waals surface area contributed by atoms with Crippen LogP contribution < -0.4 is 10.6 Å². The van der Waals surface area contributed by atoms with Gasteiger partial charge in [0.1, 0.15) is 5.69 Å². The molecule has 3 rings (SSSR count). The number of hydrogen-bond donors (Lipinski definition) is 4. The molecule has 152 valence electrons. The number of aromatic carboxylic acids is 1. The molecule has 1 heterocycles. The number of carbonyl (C=O) groups is 3. The molecule has 0 fully saturated rings. The van der Waals surface area contributed by atoms with Crippen LogP contribution in [0, 0.1) is 17.2 Å². The van der Waals surface area contributed by atoms with Crippen LogP contribution in [0.15, 0.2) is 42.5 Å². The molecule has 0 saturated carbocycles. The molecule has 2 aromatic carbocycles. The second-order valence-electron chi connectivity index (χ2n) is 7.23. The van der Waals surface area contributed by atoms with Crippen LogP contribution in [0.5, 0.6) is 0 Å². The van der Waals surface area contributed by atoms with E-state index < -0.39 is 11.9 Å². The highest BCUT2D eigenvalue weighted by atomic mass is 16.4. The molecule has 0 aliphatic rings. The van der Waals surface area contributed by atoms with Gasteiger partial charge in [0.15, 0.2) is 0 Å². The van der Waals surface area contributed by atoms with Crippen molar-refractivity contribution in [3.8, 4) is 6.07 Å². The van der Waals surface area contributed by atoms with Gasteiger partial charge in [-0.05, 0) is 36.2 Å². The van der Waals surface area contributed by atoms with E-state index in [1.807, 2.05) is 19.9 Å². The summed E-state index contributed by atoms with van der Waals surface area (Å²) in [4.78, 5) is 39.3. The van der Waals surface area contributed by atoms with Crippen LogP contribution in [0.3, 0.4) is 0 Å². The highest BCUT2D eigenvalue weighted by Crippen LogP contribution is 2.25. The Balaban J connectivity index is 1.88. The van der Waals surface area contributed by atoms with Gasteiger partial charge >= 0.3 is 5.97 Å². The van der Waals surface area contributed by atoms with E-state index in [0.29, 0.717) is 17.6 Å². The topological polar surface area (TPSA) is 135 Å². The van der Waals surface area contributed by atoms with Crippen molar-refractivity contribution < 1.29 is 19.5 Å². The van der Waals surface area contributed by atoms with E-state index in [2.05, 4.69) is 15.6 Å². The highest BCUT2D eigenvalue weighted by Gasteiger charge is 2.17. The Labute approximate surface area is 172 Å². The van der Waals surface area contributed by atoms with E-state index in [-0.39, 0.29) is 34.3 Å². The molecule has 0 aliphatic carbocycles. The number of nitrogens with zero attached hydrogens (tertiary/aromatic N) is 1. The number of hydrogen-bond acceptors (Lipinski definition) is 4. The second kappa shape index (κ2) is 8.49. The zero-order chi connectivity index (χ0) is 21.8. The molecule has 0 saturated heterocycles. The number of carbonyl (C=O) groups excluding carboxylic acids is 2. The molecule has 3 aromatic rings. The van der Waals surface area contributed by atoms with Crippen LogP contribution in [-0.4, -0.2) is 27.9 Å².